The highest BCUT2D eigenvalue weighted by Gasteiger charge is 2.36. The Balaban J connectivity index is 1.58. The molecule has 1 amide bonds. The summed E-state index contributed by atoms with van der Waals surface area (Å²) in [6, 6.07) is 9.39. The number of amides is 1. The van der Waals surface area contributed by atoms with Gasteiger partial charge in [0.2, 0.25) is 5.91 Å². The van der Waals surface area contributed by atoms with Gasteiger partial charge < -0.3 is 10.0 Å². The van der Waals surface area contributed by atoms with E-state index in [-0.39, 0.29) is 18.7 Å². The zero-order valence-corrected chi connectivity index (χ0v) is 14.0. The summed E-state index contributed by atoms with van der Waals surface area (Å²) in [5.74, 6) is 0.495. The largest absolute Gasteiger partial charge is 0.478 e. The average Bonchev–Trinajstić information content (AvgIpc) is 3.03. The molecule has 1 aromatic rings. The van der Waals surface area contributed by atoms with Gasteiger partial charge in [0.15, 0.2) is 0 Å². The van der Waals surface area contributed by atoms with Crippen LogP contribution in [0.15, 0.2) is 35.9 Å². The number of benzene rings is 1. The molecule has 1 aliphatic carbocycles. The highest BCUT2D eigenvalue weighted by atomic mass is 16.4. The van der Waals surface area contributed by atoms with Crippen LogP contribution < -0.4 is 0 Å². The maximum atomic E-state index is 12.5. The van der Waals surface area contributed by atoms with Crippen molar-refractivity contribution in [2.24, 2.45) is 11.8 Å². The molecule has 2 atom stereocenters. The molecule has 2 aliphatic rings. The molecule has 0 aromatic heterocycles. The summed E-state index contributed by atoms with van der Waals surface area (Å²) in [5.41, 5.74) is 1.15. The number of likely N-dealkylation sites (tertiary alicyclic amines) is 1. The van der Waals surface area contributed by atoms with Crippen LogP contribution in [0.2, 0.25) is 0 Å². The van der Waals surface area contributed by atoms with Crippen molar-refractivity contribution in [1.82, 2.24) is 4.90 Å². The Morgan fingerprint density at radius 2 is 1.67 bits per heavy atom. The van der Waals surface area contributed by atoms with Crippen LogP contribution in [0.25, 0.3) is 6.08 Å². The molecule has 128 valence electrons. The van der Waals surface area contributed by atoms with Crippen LogP contribution in [-0.4, -0.2) is 35.0 Å². The third kappa shape index (κ3) is 4.05. The number of carbonyl (C=O) groups excluding carboxylic acids is 1. The van der Waals surface area contributed by atoms with Crippen molar-refractivity contribution in [3.63, 3.8) is 0 Å². The first-order valence-corrected chi connectivity index (χ1v) is 8.90. The van der Waals surface area contributed by atoms with E-state index in [1.165, 1.54) is 25.7 Å². The monoisotopic (exact) mass is 327 g/mol. The Kier molecular flexibility index (Phi) is 5.34. The summed E-state index contributed by atoms with van der Waals surface area (Å²) in [6.07, 6.45) is 7.28. The van der Waals surface area contributed by atoms with E-state index in [1.807, 2.05) is 35.2 Å². The van der Waals surface area contributed by atoms with Gasteiger partial charge in [-0.25, -0.2) is 4.79 Å². The highest BCUT2D eigenvalue weighted by molar-refractivity contribution is 5.93. The van der Waals surface area contributed by atoms with Crippen molar-refractivity contribution in [1.29, 1.82) is 0 Å². The van der Waals surface area contributed by atoms with E-state index >= 15 is 0 Å². The molecule has 1 N–H and O–H groups in total. The number of nitrogens with zero attached hydrogens (tertiary/aromatic N) is 1. The number of hydrogen-bond acceptors (Lipinski definition) is 2. The summed E-state index contributed by atoms with van der Waals surface area (Å²) in [5, 5.41) is 9.39. The molecule has 1 heterocycles. The Morgan fingerprint density at radius 3 is 2.25 bits per heavy atom. The molecule has 2 fully saturated rings. The standard InChI is InChI=1S/C20H25NO3/c22-19(21-13-17-8-4-5-9-18(17)14-21)11-10-16(20(23)24)12-15-6-2-1-3-7-15/h1-3,6-7,12,17-18H,4-5,8-11,13-14H2,(H,23,24). The van der Waals surface area contributed by atoms with Gasteiger partial charge in [0, 0.05) is 25.1 Å². The second-order valence-electron chi connectivity index (χ2n) is 6.99. The Morgan fingerprint density at radius 1 is 1.04 bits per heavy atom. The lowest BCUT2D eigenvalue weighted by Gasteiger charge is -2.22. The number of aliphatic carboxylic acids is 1. The van der Waals surface area contributed by atoms with Crippen LogP contribution in [0.4, 0.5) is 0 Å². The van der Waals surface area contributed by atoms with Crippen molar-refractivity contribution in [3.05, 3.63) is 41.5 Å². The van der Waals surface area contributed by atoms with E-state index in [0.29, 0.717) is 17.4 Å². The second kappa shape index (κ2) is 7.65. The maximum Gasteiger partial charge on any atom is 0.331 e. The molecule has 1 aliphatic heterocycles. The van der Waals surface area contributed by atoms with Crippen molar-refractivity contribution < 1.29 is 14.7 Å². The predicted octanol–water partition coefficient (Wildman–Crippen LogP) is 3.58. The molecule has 4 nitrogen and oxygen atoms in total. The molecule has 3 rings (SSSR count). The van der Waals surface area contributed by atoms with Crippen molar-refractivity contribution >= 4 is 18.0 Å². The molecule has 24 heavy (non-hydrogen) atoms. The molecule has 1 saturated heterocycles. The third-order valence-corrected chi connectivity index (χ3v) is 5.35. The molecule has 1 saturated carbocycles. The lowest BCUT2D eigenvalue weighted by Crippen LogP contribution is -2.29. The molecule has 4 heteroatoms. The zero-order chi connectivity index (χ0) is 16.9. The Hall–Kier alpha value is -2.10. The van der Waals surface area contributed by atoms with Gasteiger partial charge in [-0.05, 0) is 42.7 Å². The third-order valence-electron chi connectivity index (χ3n) is 5.35. The van der Waals surface area contributed by atoms with Crippen molar-refractivity contribution in [2.75, 3.05) is 13.1 Å². The minimum absolute atomic E-state index is 0.101. The summed E-state index contributed by atoms with van der Waals surface area (Å²) in [7, 11) is 0. The molecular weight excluding hydrogens is 302 g/mol. The number of hydrogen-bond donors (Lipinski definition) is 1. The van der Waals surface area contributed by atoms with Crippen LogP contribution in [0.5, 0.6) is 0 Å². The van der Waals surface area contributed by atoms with Crippen molar-refractivity contribution in [2.45, 2.75) is 38.5 Å². The van der Waals surface area contributed by atoms with Crippen molar-refractivity contribution in [3.8, 4) is 0 Å². The van der Waals surface area contributed by atoms with Gasteiger partial charge in [-0.1, -0.05) is 43.2 Å². The summed E-state index contributed by atoms with van der Waals surface area (Å²) in [6.45, 7) is 1.74. The van der Waals surface area contributed by atoms with E-state index in [4.69, 9.17) is 0 Å². The summed E-state index contributed by atoms with van der Waals surface area (Å²) in [4.78, 5) is 25.9. The fourth-order valence-electron chi connectivity index (χ4n) is 4.00. The fourth-order valence-corrected chi connectivity index (χ4v) is 4.00. The highest BCUT2D eigenvalue weighted by Crippen LogP contribution is 2.36. The van der Waals surface area contributed by atoms with Gasteiger partial charge in [0.1, 0.15) is 0 Å². The zero-order valence-electron chi connectivity index (χ0n) is 14.0. The molecule has 0 spiro atoms. The number of carboxylic acid groups (broad SMARTS) is 1. The van der Waals surface area contributed by atoms with Crippen LogP contribution in [0.1, 0.15) is 44.1 Å². The molecular formula is C20H25NO3. The lowest BCUT2D eigenvalue weighted by molar-refractivity contribution is -0.132. The van der Waals surface area contributed by atoms with Gasteiger partial charge in [0.25, 0.3) is 0 Å². The van der Waals surface area contributed by atoms with E-state index in [9.17, 15) is 14.7 Å². The van der Waals surface area contributed by atoms with Gasteiger partial charge in [-0.3, -0.25) is 4.79 Å². The minimum atomic E-state index is -0.943. The first-order valence-electron chi connectivity index (χ1n) is 8.90. The number of carbonyl (C=O) groups is 2. The van der Waals surface area contributed by atoms with E-state index < -0.39 is 5.97 Å². The topological polar surface area (TPSA) is 57.6 Å². The van der Waals surface area contributed by atoms with Crippen LogP contribution in [0, 0.1) is 11.8 Å². The SMILES string of the molecule is O=C(O)C(=Cc1ccccc1)CCC(=O)N1CC2CCCCC2C1. The molecule has 1 aromatic carbocycles. The first kappa shape index (κ1) is 16.7. The second-order valence-corrected chi connectivity index (χ2v) is 6.99. The number of rotatable bonds is 5. The summed E-state index contributed by atoms with van der Waals surface area (Å²) < 4.78 is 0. The van der Waals surface area contributed by atoms with Crippen LogP contribution >= 0.6 is 0 Å². The lowest BCUT2D eigenvalue weighted by atomic mass is 9.82. The molecule has 2 unspecified atom stereocenters. The van der Waals surface area contributed by atoms with Gasteiger partial charge in [-0.15, -0.1) is 0 Å². The fraction of sp³-hybridized carbons (Fsp3) is 0.500. The quantitative estimate of drug-likeness (QED) is 0.841. The van der Waals surface area contributed by atoms with Gasteiger partial charge in [0.05, 0.1) is 0 Å². The van der Waals surface area contributed by atoms with Gasteiger partial charge in [-0.2, -0.15) is 0 Å². The number of fused-ring (bicyclic) bond motifs is 1. The Bertz CT molecular complexity index is 609. The smallest absolute Gasteiger partial charge is 0.331 e. The van der Waals surface area contributed by atoms with E-state index in [2.05, 4.69) is 0 Å². The first-order chi connectivity index (χ1) is 11.6. The summed E-state index contributed by atoms with van der Waals surface area (Å²) >= 11 is 0. The average molecular weight is 327 g/mol. The normalized spacial score (nSPS) is 23.8. The van der Waals surface area contributed by atoms with Crippen LogP contribution in [0.3, 0.4) is 0 Å². The Labute approximate surface area is 143 Å². The molecule has 0 bridgehead atoms. The predicted molar refractivity (Wildman–Crippen MR) is 93.3 cm³/mol. The van der Waals surface area contributed by atoms with E-state index in [1.54, 1.807) is 6.08 Å². The number of carboxylic acids is 1. The van der Waals surface area contributed by atoms with E-state index in [0.717, 1.165) is 18.7 Å². The van der Waals surface area contributed by atoms with Crippen LogP contribution in [-0.2, 0) is 9.59 Å². The van der Waals surface area contributed by atoms with Gasteiger partial charge >= 0.3 is 5.97 Å². The maximum absolute atomic E-state index is 12.5. The molecule has 0 radical (unpaired) electrons. The minimum Gasteiger partial charge on any atom is -0.478 e.